The molecule has 0 saturated heterocycles. The number of ether oxygens (including phenoxy) is 2. The quantitative estimate of drug-likeness (QED) is 0.329. The van der Waals surface area contributed by atoms with E-state index in [4.69, 9.17) is 26.2 Å². The van der Waals surface area contributed by atoms with Crippen LogP contribution in [-0.4, -0.2) is 24.1 Å². The van der Waals surface area contributed by atoms with Crippen molar-refractivity contribution in [2.45, 2.75) is 13.5 Å². The average Bonchev–Trinajstić information content (AvgIpc) is 2.83. The summed E-state index contributed by atoms with van der Waals surface area (Å²) >= 11 is 6.09. The average molecular weight is 477 g/mol. The normalized spacial score (nSPS) is 10.8. The zero-order valence-electron chi connectivity index (χ0n) is 18.5. The fraction of sp³-hybridized carbons (Fsp3) is 0.115. The molecule has 0 aromatic heterocycles. The van der Waals surface area contributed by atoms with Crippen LogP contribution in [0.4, 0.5) is 5.69 Å². The lowest BCUT2D eigenvalue weighted by atomic mass is 10.1. The van der Waals surface area contributed by atoms with Crippen LogP contribution in [0, 0.1) is 18.3 Å². The van der Waals surface area contributed by atoms with Crippen molar-refractivity contribution < 1.29 is 24.2 Å². The lowest BCUT2D eigenvalue weighted by Gasteiger charge is -2.12. The summed E-state index contributed by atoms with van der Waals surface area (Å²) in [5, 5.41) is 21.6. The van der Waals surface area contributed by atoms with Gasteiger partial charge in [-0.2, -0.15) is 5.26 Å². The molecule has 0 spiro atoms. The van der Waals surface area contributed by atoms with Crippen LogP contribution in [0.15, 0.2) is 66.2 Å². The van der Waals surface area contributed by atoms with Crippen molar-refractivity contribution >= 4 is 35.2 Å². The number of nitriles is 1. The molecular formula is C26H21ClN2O5. The van der Waals surface area contributed by atoms with E-state index in [9.17, 15) is 14.9 Å². The molecule has 0 saturated carbocycles. The fourth-order valence-electron chi connectivity index (χ4n) is 2.98. The highest BCUT2D eigenvalue weighted by atomic mass is 35.5. The largest absolute Gasteiger partial charge is 0.493 e. The van der Waals surface area contributed by atoms with Crippen molar-refractivity contribution in [1.82, 2.24) is 0 Å². The van der Waals surface area contributed by atoms with Gasteiger partial charge in [-0.25, -0.2) is 4.79 Å². The second-order valence-electron chi connectivity index (χ2n) is 7.29. The Balaban J connectivity index is 1.73. The number of hydrogen-bond acceptors (Lipinski definition) is 5. The van der Waals surface area contributed by atoms with Gasteiger partial charge in [0.25, 0.3) is 5.91 Å². The Labute approximate surface area is 201 Å². The van der Waals surface area contributed by atoms with Crippen LogP contribution in [0.2, 0.25) is 5.02 Å². The molecule has 2 N–H and O–H groups in total. The number of carbonyl (C=O) groups excluding carboxylic acids is 1. The van der Waals surface area contributed by atoms with E-state index >= 15 is 0 Å². The van der Waals surface area contributed by atoms with E-state index < -0.39 is 11.9 Å². The van der Waals surface area contributed by atoms with Crippen LogP contribution in [-0.2, 0) is 11.4 Å². The number of nitrogens with zero attached hydrogens (tertiary/aromatic N) is 1. The van der Waals surface area contributed by atoms with Gasteiger partial charge < -0.3 is 19.9 Å². The standard InChI is InChI=1S/C26H21ClN2O5/c1-16-3-9-21(13-22(16)27)29-25(30)20(14-28)11-18-6-10-23(24(12-18)33-2)34-15-17-4-7-19(8-5-17)26(31)32/h3-13H,15H2,1-2H3,(H,29,30)(H,31,32)/b20-11-. The van der Waals surface area contributed by atoms with E-state index in [0.717, 1.165) is 11.1 Å². The van der Waals surface area contributed by atoms with Crippen LogP contribution in [0.5, 0.6) is 11.5 Å². The number of aromatic carboxylic acids is 1. The predicted molar refractivity (Wildman–Crippen MR) is 129 cm³/mol. The molecule has 0 radical (unpaired) electrons. The molecule has 34 heavy (non-hydrogen) atoms. The summed E-state index contributed by atoms with van der Waals surface area (Å²) in [4.78, 5) is 23.5. The van der Waals surface area contributed by atoms with Gasteiger partial charge in [0.05, 0.1) is 12.7 Å². The van der Waals surface area contributed by atoms with E-state index in [1.54, 1.807) is 48.5 Å². The number of nitrogens with one attached hydrogen (secondary N) is 1. The van der Waals surface area contributed by atoms with Gasteiger partial charge in [-0.05, 0) is 66.1 Å². The number of rotatable bonds is 8. The molecule has 0 heterocycles. The molecule has 8 heteroatoms. The highest BCUT2D eigenvalue weighted by Gasteiger charge is 2.12. The van der Waals surface area contributed by atoms with E-state index in [1.165, 1.54) is 25.3 Å². The van der Waals surface area contributed by atoms with Crippen molar-refractivity contribution in [1.29, 1.82) is 5.26 Å². The molecule has 0 aliphatic rings. The van der Waals surface area contributed by atoms with Gasteiger partial charge in [0, 0.05) is 10.7 Å². The monoisotopic (exact) mass is 476 g/mol. The van der Waals surface area contributed by atoms with Gasteiger partial charge in [0.2, 0.25) is 0 Å². The van der Waals surface area contributed by atoms with E-state index in [1.807, 2.05) is 13.0 Å². The minimum absolute atomic E-state index is 0.0917. The maximum atomic E-state index is 12.6. The van der Waals surface area contributed by atoms with Crippen molar-refractivity contribution in [3.63, 3.8) is 0 Å². The summed E-state index contributed by atoms with van der Waals surface area (Å²) in [5.74, 6) is -0.685. The lowest BCUT2D eigenvalue weighted by Crippen LogP contribution is -2.13. The maximum absolute atomic E-state index is 12.6. The first-order valence-corrected chi connectivity index (χ1v) is 10.5. The SMILES string of the molecule is COc1cc(/C=C(/C#N)C(=O)Nc2ccc(C)c(Cl)c2)ccc1OCc1ccc(C(=O)O)cc1. The third-order valence-corrected chi connectivity index (χ3v) is 5.30. The summed E-state index contributed by atoms with van der Waals surface area (Å²) in [5.41, 5.74) is 2.83. The highest BCUT2D eigenvalue weighted by Crippen LogP contribution is 2.30. The molecule has 0 aliphatic heterocycles. The molecule has 0 fully saturated rings. The number of hydrogen-bond donors (Lipinski definition) is 2. The summed E-state index contributed by atoms with van der Waals surface area (Å²) in [7, 11) is 1.48. The van der Waals surface area contributed by atoms with Gasteiger partial charge in [0.1, 0.15) is 18.2 Å². The topological polar surface area (TPSA) is 109 Å². The number of carboxylic acids is 1. The first-order chi connectivity index (χ1) is 16.3. The molecule has 7 nitrogen and oxygen atoms in total. The van der Waals surface area contributed by atoms with Gasteiger partial charge in [-0.1, -0.05) is 35.9 Å². The number of halogens is 1. The van der Waals surface area contributed by atoms with Crippen molar-refractivity contribution in [2.24, 2.45) is 0 Å². The van der Waals surface area contributed by atoms with E-state index in [2.05, 4.69) is 5.32 Å². The number of carboxylic acid groups (broad SMARTS) is 1. The molecule has 172 valence electrons. The summed E-state index contributed by atoms with van der Waals surface area (Å²) in [6.45, 7) is 2.06. The Morgan fingerprint density at radius 3 is 2.44 bits per heavy atom. The fourth-order valence-corrected chi connectivity index (χ4v) is 3.16. The van der Waals surface area contributed by atoms with E-state index in [-0.39, 0.29) is 17.7 Å². The third-order valence-electron chi connectivity index (χ3n) is 4.89. The summed E-state index contributed by atoms with van der Waals surface area (Å²) in [6.07, 6.45) is 1.45. The first-order valence-electron chi connectivity index (χ1n) is 10.1. The van der Waals surface area contributed by atoms with Crippen molar-refractivity contribution in [3.8, 4) is 17.6 Å². The second kappa shape index (κ2) is 11.0. The van der Waals surface area contributed by atoms with E-state index in [0.29, 0.717) is 27.8 Å². The van der Waals surface area contributed by atoms with Crippen molar-refractivity contribution in [3.05, 3.63) is 93.5 Å². The Morgan fingerprint density at radius 1 is 1.09 bits per heavy atom. The predicted octanol–water partition coefficient (Wildman–Crippen LogP) is 5.48. The minimum Gasteiger partial charge on any atom is -0.493 e. The number of methoxy groups -OCH3 is 1. The lowest BCUT2D eigenvalue weighted by molar-refractivity contribution is -0.112. The number of amides is 1. The molecule has 0 bridgehead atoms. The zero-order valence-corrected chi connectivity index (χ0v) is 19.2. The van der Waals surface area contributed by atoms with Crippen molar-refractivity contribution in [2.75, 3.05) is 12.4 Å². The molecule has 0 unspecified atom stereocenters. The van der Waals surface area contributed by atoms with Crippen LogP contribution in [0.25, 0.3) is 6.08 Å². The molecule has 3 aromatic carbocycles. The summed E-state index contributed by atoms with van der Waals surface area (Å²) in [6, 6.07) is 18.4. The Kier molecular flexibility index (Phi) is 7.91. The Morgan fingerprint density at radius 2 is 1.82 bits per heavy atom. The highest BCUT2D eigenvalue weighted by molar-refractivity contribution is 6.31. The van der Waals surface area contributed by atoms with Gasteiger partial charge in [-0.3, -0.25) is 4.79 Å². The van der Waals surface area contributed by atoms with Crippen LogP contribution < -0.4 is 14.8 Å². The van der Waals surface area contributed by atoms with Gasteiger partial charge in [-0.15, -0.1) is 0 Å². The zero-order chi connectivity index (χ0) is 24.7. The molecule has 3 aromatic rings. The maximum Gasteiger partial charge on any atom is 0.335 e. The summed E-state index contributed by atoms with van der Waals surface area (Å²) < 4.78 is 11.2. The first kappa shape index (κ1) is 24.4. The smallest absolute Gasteiger partial charge is 0.335 e. The Bertz CT molecular complexity index is 1290. The van der Waals surface area contributed by atoms with Crippen LogP contribution in [0.3, 0.4) is 0 Å². The number of benzene rings is 3. The second-order valence-corrected chi connectivity index (χ2v) is 7.70. The number of aryl methyl sites for hydroxylation is 1. The molecule has 0 aliphatic carbocycles. The van der Waals surface area contributed by atoms with Crippen LogP contribution >= 0.6 is 11.6 Å². The van der Waals surface area contributed by atoms with Crippen LogP contribution in [0.1, 0.15) is 27.0 Å². The molecule has 3 rings (SSSR count). The molecule has 0 atom stereocenters. The molecular weight excluding hydrogens is 456 g/mol. The van der Waals surface area contributed by atoms with Gasteiger partial charge >= 0.3 is 5.97 Å². The molecule has 1 amide bonds. The number of carbonyl (C=O) groups is 2. The third kappa shape index (κ3) is 6.15. The minimum atomic E-state index is -0.995. The van der Waals surface area contributed by atoms with Gasteiger partial charge in [0.15, 0.2) is 11.5 Å². The Hall–Kier alpha value is -4.28. The number of anilines is 1.